The Bertz CT molecular complexity index is 233. The normalized spacial score (nSPS) is 8.83. The summed E-state index contributed by atoms with van der Waals surface area (Å²) >= 11 is 5.81. The summed E-state index contributed by atoms with van der Waals surface area (Å²) < 4.78 is 0. The molecule has 0 aromatic carbocycles. The third-order valence-electron chi connectivity index (χ3n) is 1.60. The average molecular weight is 186 g/mol. The Morgan fingerprint density at radius 3 is 2.08 bits per heavy atom. The molecule has 1 aromatic rings. The molecule has 0 spiro atoms. The summed E-state index contributed by atoms with van der Waals surface area (Å²) in [5.41, 5.74) is 3.26. The fourth-order valence-corrected chi connectivity index (χ4v) is 1.14. The summed E-state index contributed by atoms with van der Waals surface area (Å²) in [5, 5.41) is 0.623. The van der Waals surface area contributed by atoms with Crippen LogP contribution in [0.15, 0.2) is 6.07 Å². The first-order chi connectivity index (χ1) is 5.61. The van der Waals surface area contributed by atoms with E-state index in [1.165, 1.54) is 5.56 Å². The minimum atomic E-state index is 0.623. The van der Waals surface area contributed by atoms with Crippen molar-refractivity contribution in [1.29, 1.82) is 0 Å². The van der Waals surface area contributed by atoms with Crippen molar-refractivity contribution in [2.45, 2.75) is 34.6 Å². The van der Waals surface area contributed by atoms with E-state index >= 15 is 0 Å². The molecule has 0 atom stereocenters. The Balaban J connectivity index is 0.000000561. The SMILES string of the molecule is CC.Cc1cc(C)c(C)c(Cl)n1. The van der Waals surface area contributed by atoms with Crippen molar-refractivity contribution in [3.05, 3.63) is 28.0 Å². The van der Waals surface area contributed by atoms with Crippen molar-refractivity contribution in [2.24, 2.45) is 0 Å². The van der Waals surface area contributed by atoms with E-state index in [0.29, 0.717) is 5.15 Å². The van der Waals surface area contributed by atoms with Crippen molar-refractivity contribution in [3.63, 3.8) is 0 Å². The predicted octanol–water partition coefficient (Wildman–Crippen LogP) is 3.69. The van der Waals surface area contributed by atoms with Gasteiger partial charge in [-0.15, -0.1) is 0 Å². The summed E-state index contributed by atoms with van der Waals surface area (Å²) in [6.45, 7) is 9.96. The van der Waals surface area contributed by atoms with E-state index in [1.807, 2.05) is 40.7 Å². The van der Waals surface area contributed by atoms with Crippen LogP contribution in [0.3, 0.4) is 0 Å². The van der Waals surface area contributed by atoms with Gasteiger partial charge >= 0.3 is 0 Å². The summed E-state index contributed by atoms with van der Waals surface area (Å²) in [6, 6.07) is 2.03. The lowest BCUT2D eigenvalue weighted by Gasteiger charge is -2.01. The first-order valence-electron chi connectivity index (χ1n) is 4.21. The molecule has 0 saturated carbocycles. The van der Waals surface area contributed by atoms with Crippen LogP contribution < -0.4 is 0 Å². The number of nitrogens with zero attached hydrogens (tertiary/aromatic N) is 1. The van der Waals surface area contributed by atoms with E-state index in [9.17, 15) is 0 Å². The van der Waals surface area contributed by atoms with Crippen LogP contribution in [0.1, 0.15) is 30.7 Å². The van der Waals surface area contributed by atoms with Crippen LogP contribution in [-0.2, 0) is 0 Å². The van der Waals surface area contributed by atoms with Gasteiger partial charge in [-0.2, -0.15) is 0 Å². The highest BCUT2D eigenvalue weighted by Crippen LogP contribution is 2.16. The maximum absolute atomic E-state index is 5.81. The molecule has 0 unspecified atom stereocenters. The van der Waals surface area contributed by atoms with Gasteiger partial charge in [0, 0.05) is 5.69 Å². The number of hydrogen-bond acceptors (Lipinski definition) is 1. The number of hydrogen-bond donors (Lipinski definition) is 0. The van der Waals surface area contributed by atoms with Gasteiger partial charge in [0.1, 0.15) is 5.15 Å². The molecule has 1 heterocycles. The van der Waals surface area contributed by atoms with Crippen LogP contribution in [-0.4, -0.2) is 4.98 Å². The molecule has 68 valence electrons. The largest absolute Gasteiger partial charge is 0.241 e. The quantitative estimate of drug-likeness (QED) is 0.562. The van der Waals surface area contributed by atoms with Gasteiger partial charge in [-0.25, -0.2) is 4.98 Å². The molecule has 2 heteroatoms. The number of rotatable bonds is 0. The van der Waals surface area contributed by atoms with Crippen molar-refractivity contribution in [2.75, 3.05) is 0 Å². The van der Waals surface area contributed by atoms with Gasteiger partial charge in [0.05, 0.1) is 0 Å². The number of aryl methyl sites for hydroxylation is 2. The van der Waals surface area contributed by atoms with Crippen molar-refractivity contribution >= 4 is 11.6 Å². The van der Waals surface area contributed by atoms with E-state index in [1.54, 1.807) is 0 Å². The maximum Gasteiger partial charge on any atom is 0.132 e. The highest BCUT2D eigenvalue weighted by molar-refractivity contribution is 6.30. The summed E-state index contributed by atoms with van der Waals surface area (Å²) in [4.78, 5) is 4.10. The lowest BCUT2D eigenvalue weighted by molar-refractivity contribution is 1.14. The van der Waals surface area contributed by atoms with Crippen LogP contribution in [0.4, 0.5) is 0 Å². The zero-order valence-corrected chi connectivity index (χ0v) is 9.16. The molecule has 1 nitrogen and oxygen atoms in total. The average Bonchev–Trinajstić information content (AvgIpc) is 2.04. The Morgan fingerprint density at radius 2 is 1.67 bits per heavy atom. The molecule has 0 bridgehead atoms. The van der Waals surface area contributed by atoms with Gasteiger partial charge in [-0.05, 0) is 38.0 Å². The minimum absolute atomic E-state index is 0.623. The first-order valence-corrected chi connectivity index (χ1v) is 4.59. The maximum atomic E-state index is 5.81. The molecule has 0 aliphatic carbocycles. The molecule has 0 saturated heterocycles. The molecule has 0 fully saturated rings. The van der Waals surface area contributed by atoms with Crippen LogP contribution in [0, 0.1) is 20.8 Å². The van der Waals surface area contributed by atoms with Crippen molar-refractivity contribution in [3.8, 4) is 0 Å². The van der Waals surface area contributed by atoms with Crippen LogP contribution in [0.25, 0.3) is 0 Å². The Labute approximate surface area is 79.8 Å². The van der Waals surface area contributed by atoms with E-state index in [4.69, 9.17) is 11.6 Å². The highest BCUT2D eigenvalue weighted by atomic mass is 35.5. The molecule has 0 aliphatic rings. The standard InChI is InChI=1S/C8H10ClN.C2H6/c1-5-4-6(2)10-8(9)7(5)3;1-2/h4H,1-3H3;1-2H3. The molecular formula is C10H16ClN. The van der Waals surface area contributed by atoms with Crippen molar-refractivity contribution < 1.29 is 0 Å². The Kier molecular flexibility index (Phi) is 4.91. The fourth-order valence-electron chi connectivity index (χ4n) is 0.855. The second kappa shape index (κ2) is 5.15. The molecular weight excluding hydrogens is 170 g/mol. The molecule has 0 amide bonds. The van der Waals surface area contributed by atoms with Crippen LogP contribution in [0.5, 0.6) is 0 Å². The zero-order valence-electron chi connectivity index (χ0n) is 8.40. The third-order valence-corrected chi connectivity index (χ3v) is 1.97. The van der Waals surface area contributed by atoms with E-state index < -0.39 is 0 Å². The Morgan fingerprint density at radius 1 is 1.17 bits per heavy atom. The van der Waals surface area contributed by atoms with Gasteiger partial charge in [0.15, 0.2) is 0 Å². The second-order valence-electron chi connectivity index (χ2n) is 2.50. The summed E-state index contributed by atoms with van der Waals surface area (Å²) in [7, 11) is 0. The van der Waals surface area contributed by atoms with Crippen LogP contribution >= 0.6 is 11.6 Å². The molecule has 0 N–H and O–H groups in total. The third kappa shape index (κ3) is 2.82. The van der Waals surface area contributed by atoms with Gasteiger partial charge in [0.25, 0.3) is 0 Å². The van der Waals surface area contributed by atoms with Gasteiger partial charge in [0.2, 0.25) is 0 Å². The lowest BCUT2D eigenvalue weighted by atomic mass is 10.1. The molecule has 0 radical (unpaired) electrons. The summed E-state index contributed by atoms with van der Waals surface area (Å²) in [5.74, 6) is 0. The number of aromatic nitrogens is 1. The molecule has 12 heavy (non-hydrogen) atoms. The first kappa shape index (κ1) is 11.4. The highest BCUT2D eigenvalue weighted by Gasteiger charge is 1.99. The number of pyridine rings is 1. The van der Waals surface area contributed by atoms with Crippen molar-refractivity contribution in [1.82, 2.24) is 4.98 Å². The van der Waals surface area contributed by atoms with Gasteiger partial charge < -0.3 is 0 Å². The fraction of sp³-hybridized carbons (Fsp3) is 0.500. The van der Waals surface area contributed by atoms with Crippen LogP contribution in [0.2, 0.25) is 5.15 Å². The smallest absolute Gasteiger partial charge is 0.132 e. The molecule has 0 aliphatic heterocycles. The van der Waals surface area contributed by atoms with Gasteiger partial charge in [-0.3, -0.25) is 0 Å². The van der Waals surface area contributed by atoms with E-state index in [2.05, 4.69) is 4.98 Å². The monoisotopic (exact) mass is 185 g/mol. The minimum Gasteiger partial charge on any atom is -0.241 e. The lowest BCUT2D eigenvalue weighted by Crippen LogP contribution is -1.88. The predicted molar refractivity (Wildman–Crippen MR) is 54.8 cm³/mol. The summed E-state index contributed by atoms with van der Waals surface area (Å²) in [6.07, 6.45) is 0. The Hall–Kier alpha value is -0.560. The second-order valence-corrected chi connectivity index (χ2v) is 2.85. The van der Waals surface area contributed by atoms with E-state index in [0.717, 1.165) is 11.3 Å². The topological polar surface area (TPSA) is 12.9 Å². The molecule has 1 aromatic heterocycles. The molecule has 1 rings (SSSR count). The zero-order chi connectivity index (χ0) is 9.72. The number of halogens is 1. The van der Waals surface area contributed by atoms with E-state index in [-0.39, 0.29) is 0 Å². The van der Waals surface area contributed by atoms with Gasteiger partial charge in [-0.1, -0.05) is 25.4 Å².